The van der Waals surface area contributed by atoms with Crippen molar-refractivity contribution in [2.24, 2.45) is 0 Å². The van der Waals surface area contributed by atoms with Crippen LogP contribution in [0, 0.1) is 18.8 Å². The topological polar surface area (TPSA) is 29.2 Å². The Kier molecular flexibility index (Phi) is 11.1. The third-order valence-corrected chi connectivity index (χ3v) is 15.7. The van der Waals surface area contributed by atoms with Crippen LogP contribution in [0.4, 0.5) is 22.7 Å². The Bertz CT molecular complexity index is 4410. The molecule has 0 unspecified atom stereocenters. The second-order valence-corrected chi connectivity index (χ2v) is 21.2. The van der Waals surface area contributed by atoms with E-state index >= 15 is 0 Å². The Morgan fingerprint density at radius 3 is 1.86 bits per heavy atom. The molecular weight excluding hydrogens is 1120 g/mol. The number of benzene rings is 10. The van der Waals surface area contributed by atoms with Crippen molar-refractivity contribution in [2.75, 3.05) is 9.80 Å². The van der Waals surface area contributed by atoms with Gasteiger partial charge in [-0.3, -0.25) is 0 Å². The van der Waals surface area contributed by atoms with Gasteiger partial charge in [0.15, 0.2) is 0 Å². The van der Waals surface area contributed by atoms with E-state index < -0.39 is 0 Å². The number of aromatic nitrogens is 3. The van der Waals surface area contributed by atoms with Crippen LogP contribution in [0.15, 0.2) is 231 Å². The van der Waals surface area contributed by atoms with Gasteiger partial charge in [-0.15, -0.1) is 17.7 Å². The second kappa shape index (κ2) is 18.2. The van der Waals surface area contributed by atoms with Crippen molar-refractivity contribution in [3.8, 4) is 56.0 Å². The van der Waals surface area contributed by atoms with Gasteiger partial charge in [-0.2, -0.15) is 53.6 Å². The molecule has 2 aliphatic heterocycles. The van der Waals surface area contributed by atoms with Gasteiger partial charge in [0.05, 0.1) is 16.7 Å². The molecule has 2 aliphatic rings. The molecule has 13 aromatic rings. The Balaban J connectivity index is 0.00000540. The van der Waals surface area contributed by atoms with Crippen molar-refractivity contribution in [1.29, 1.82) is 0 Å². The van der Waals surface area contributed by atoms with Crippen LogP contribution in [0.3, 0.4) is 0 Å². The SMILES string of the molecule is CC(C)(C)c1ccnc(-n2c3[c-]c(Cc4[c-]c(N5[CH-]N(c6c(-c7ccccc7)cccc6-c6ccccc6)c6ccccc65)ccc4)ccc3c3c4c(ccc32)-n2c3ccccc3c3cccc(c32)-c2ccccc2-4)c1.[Pt]. The summed E-state index contributed by atoms with van der Waals surface area (Å²) in [7, 11) is 0. The van der Waals surface area contributed by atoms with Gasteiger partial charge < -0.3 is 18.9 Å². The van der Waals surface area contributed by atoms with Crippen molar-refractivity contribution >= 4 is 66.4 Å². The maximum Gasteiger partial charge on any atom is 0.135 e. The molecule has 0 saturated heterocycles. The molecule has 15 rings (SSSR count). The molecule has 77 heavy (non-hydrogen) atoms. The maximum atomic E-state index is 5.15. The Morgan fingerprint density at radius 2 is 1.09 bits per heavy atom. The first-order chi connectivity index (χ1) is 37.4. The van der Waals surface area contributed by atoms with E-state index in [-0.39, 0.29) is 26.5 Å². The van der Waals surface area contributed by atoms with Crippen LogP contribution < -0.4 is 9.80 Å². The van der Waals surface area contributed by atoms with Gasteiger partial charge in [0.2, 0.25) is 0 Å². The van der Waals surface area contributed by atoms with E-state index in [4.69, 9.17) is 4.98 Å². The number of nitrogens with zero attached hydrogens (tertiary/aromatic N) is 5. The quantitative estimate of drug-likeness (QED) is 0.149. The average molecular weight is 1170 g/mol. The minimum absolute atomic E-state index is 0. The van der Waals surface area contributed by atoms with E-state index in [1.54, 1.807) is 0 Å². The standard InChI is InChI=1S/C71H50N5.Pt/c1-71(2,3)50-39-40-72-66(44-50)75-63-37-38-64-67(56-27-11-10-25-54(56)57-30-18-31-58-55-26-12-13-32-60(55)76(64)70(57)58)68(63)59-36-35-47(43-65(59)75)41-46-19-16-24-51(42-46)73-45-74(62-34-15-14-33-61(62)73)69-52(48-20-6-4-7-21-48)28-17-29-53(69)49-22-8-5-9-23-49;/h4-40,44-45H,41H2,1-3H3;/q-3;. The summed E-state index contributed by atoms with van der Waals surface area (Å²) in [6, 6.07) is 89.5. The molecule has 0 fully saturated rings. The largest absolute Gasteiger partial charge is 0.493 e. The Morgan fingerprint density at radius 1 is 0.468 bits per heavy atom. The molecule has 0 amide bonds. The normalized spacial score (nSPS) is 12.7. The number of hydrogen-bond donors (Lipinski definition) is 0. The van der Waals surface area contributed by atoms with Gasteiger partial charge in [-0.25, -0.2) is 4.98 Å². The third-order valence-electron chi connectivity index (χ3n) is 15.7. The van der Waals surface area contributed by atoms with Crippen molar-refractivity contribution in [1.82, 2.24) is 14.1 Å². The van der Waals surface area contributed by atoms with E-state index in [0.717, 1.165) is 67.2 Å². The molecule has 372 valence electrons. The zero-order valence-electron chi connectivity index (χ0n) is 42.8. The predicted molar refractivity (Wildman–Crippen MR) is 315 cm³/mol. The molecular formula is C71H50N5Pt-3. The van der Waals surface area contributed by atoms with Gasteiger partial charge in [-0.1, -0.05) is 178 Å². The summed E-state index contributed by atoms with van der Waals surface area (Å²) >= 11 is 0. The third kappa shape index (κ3) is 7.43. The number of fused-ring (bicyclic) bond motifs is 13. The first-order valence-corrected chi connectivity index (χ1v) is 26.2. The van der Waals surface area contributed by atoms with Gasteiger partial charge in [-0.05, 0) is 87.5 Å². The number of pyridine rings is 1. The van der Waals surface area contributed by atoms with Crippen LogP contribution in [0.2, 0.25) is 0 Å². The molecule has 0 aliphatic carbocycles. The molecule has 0 spiro atoms. The van der Waals surface area contributed by atoms with E-state index in [1.807, 2.05) is 6.20 Å². The molecule has 10 aromatic carbocycles. The summed E-state index contributed by atoms with van der Waals surface area (Å²) in [6.45, 7) is 9.05. The molecule has 5 heterocycles. The predicted octanol–water partition coefficient (Wildman–Crippen LogP) is 18.2. The smallest absolute Gasteiger partial charge is 0.135 e. The summed E-state index contributed by atoms with van der Waals surface area (Å²) < 4.78 is 4.87. The summed E-state index contributed by atoms with van der Waals surface area (Å²) in [5.74, 6) is 0.880. The average Bonchev–Trinajstić information content (AvgIpc) is 4.29. The van der Waals surface area contributed by atoms with Crippen molar-refractivity contribution in [3.63, 3.8) is 0 Å². The Hall–Kier alpha value is -8.76. The van der Waals surface area contributed by atoms with Crippen LogP contribution in [-0.2, 0) is 32.9 Å². The van der Waals surface area contributed by atoms with E-state index in [9.17, 15) is 0 Å². The number of rotatable bonds is 7. The molecule has 0 N–H and O–H groups in total. The first kappa shape index (κ1) is 46.7. The summed E-state index contributed by atoms with van der Waals surface area (Å²) in [5.41, 5.74) is 22.9. The van der Waals surface area contributed by atoms with Crippen LogP contribution >= 0.6 is 0 Å². The van der Waals surface area contributed by atoms with Gasteiger partial charge >= 0.3 is 0 Å². The van der Waals surface area contributed by atoms with Gasteiger partial charge in [0, 0.05) is 82.9 Å². The molecule has 0 saturated carbocycles. The molecule has 0 bridgehead atoms. The van der Waals surface area contributed by atoms with Crippen LogP contribution in [0.1, 0.15) is 37.5 Å². The molecule has 0 atom stereocenters. The molecule has 3 aromatic heterocycles. The van der Waals surface area contributed by atoms with Crippen LogP contribution in [0.5, 0.6) is 0 Å². The molecule has 5 nitrogen and oxygen atoms in total. The minimum Gasteiger partial charge on any atom is -0.493 e. The zero-order chi connectivity index (χ0) is 50.6. The van der Waals surface area contributed by atoms with E-state index in [0.29, 0.717) is 6.42 Å². The fourth-order valence-corrected chi connectivity index (χ4v) is 12.2. The van der Waals surface area contributed by atoms with Crippen molar-refractivity contribution < 1.29 is 21.1 Å². The monoisotopic (exact) mass is 1170 g/mol. The van der Waals surface area contributed by atoms with Gasteiger partial charge in [0.1, 0.15) is 5.82 Å². The summed E-state index contributed by atoms with van der Waals surface area (Å²) in [6.07, 6.45) is 2.60. The maximum absolute atomic E-state index is 5.15. The van der Waals surface area contributed by atoms with Crippen LogP contribution in [-0.4, -0.2) is 14.1 Å². The number of hydrogen-bond acceptors (Lipinski definition) is 3. The number of anilines is 4. The van der Waals surface area contributed by atoms with E-state index in [1.165, 1.54) is 71.8 Å². The molecule has 0 radical (unpaired) electrons. The van der Waals surface area contributed by atoms with Crippen molar-refractivity contribution in [2.45, 2.75) is 32.6 Å². The summed E-state index contributed by atoms with van der Waals surface area (Å²) in [5, 5.41) is 4.84. The van der Waals surface area contributed by atoms with E-state index in [2.05, 4.69) is 283 Å². The fourth-order valence-electron chi connectivity index (χ4n) is 12.2. The first-order valence-electron chi connectivity index (χ1n) is 26.2. The van der Waals surface area contributed by atoms with Crippen molar-refractivity contribution in [3.05, 3.63) is 266 Å². The second-order valence-electron chi connectivity index (χ2n) is 21.2. The van der Waals surface area contributed by atoms with Gasteiger partial charge in [0.25, 0.3) is 0 Å². The fraction of sp³-hybridized carbons (Fsp3) is 0.0704. The Labute approximate surface area is 463 Å². The minimum atomic E-state index is -0.0748. The summed E-state index contributed by atoms with van der Waals surface area (Å²) in [4.78, 5) is 9.80. The number of para-hydroxylation sites is 5. The zero-order valence-corrected chi connectivity index (χ0v) is 45.0. The van der Waals surface area contributed by atoms with Crippen LogP contribution in [0.25, 0.3) is 99.6 Å². The molecule has 6 heteroatoms.